The first kappa shape index (κ1) is 31.7. The molecule has 0 spiro atoms. The molecule has 0 aliphatic rings. The number of hydrogen-bond donors (Lipinski definition) is 0. The van der Waals surface area contributed by atoms with Gasteiger partial charge in [0.25, 0.3) is 0 Å². The van der Waals surface area contributed by atoms with Gasteiger partial charge in [0.1, 0.15) is 11.2 Å². The van der Waals surface area contributed by atoms with Gasteiger partial charge >= 0.3 is 0 Å². The van der Waals surface area contributed by atoms with Gasteiger partial charge in [-0.05, 0) is 87.3 Å². The molecule has 2 aromatic heterocycles. The van der Waals surface area contributed by atoms with Gasteiger partial charge in [-0.2, -0.15) is 0 Å². The molecule has 0 fully saturated rings. The third kappa shape index (κ3) is 4.92. The van der Waals surface area contributed by atoms with Crippen LogP contribution < -0.4 is 4.90 Å². The maximum atomic E-state index is 6.44. The van der Waals surface area contributed by atoms with Crippen LogP contribution in [-0.4, -0.2) is 4.57 Å². The molecule has 57 heavy (non-hydrogen) atoms. The average Bonchev–Trinajstić information content (AvgIpc) is 3.82. The number of anilines is 3. The Morgan fingerprint density at radius 2 is 0.965 bits per heavy atom. The van der Waals surface area contributed by atoms with Crippen LogP contribution in [0.25, 0.3) is 92.9 Å². The first-order valence-corrected chi connectivity index (χ1v) is 19.5. The zero-order valence-electron chi connectivity index (χ0n) is 30.9. The van der Waals surface area contributed by atoms with E-state index in [0.717, 1.165) is 50.3 Å². The second-order valence-electron chi connectivity index (χ2n) is 14.9. The maximum absolute atomic E-state index is 6.44. The van der Waals surface area contributed by atoms with Crippen LogP contribution >= 0.6 is 0 Å². The summed E-state index contributed by atoms with van der Waals surface area (Å²) >= 11 is 0. The van der Waals surface area contributed by atoms with Gasteiger partial charge < -0.3 is 13.9 Å². The van der Waals surface area contributed by atoms with Crippen LogP contribution in [0.5, 0.6) is 0 Å². The minimum Gasteiger partial charge on any atom is -0.456 e. The zero-order chi connectivity index (χ0) is 37.5. The minimum absolute atomic E-state index is 0.871. The van der Waals surface area contributed by atoms with Crippen LogP contribution in [0, 0.1) is 0 Å². The van der Waals surface area contributed by atoms with Gasteiger partial charge in [-0.25, -0.2) is 0 Å². The summed E-state index contributed by atoms with van der Waals surface area (Å²) in [6, 6.07) is 74.6. The molecule has 0 aliphatic heterocycles. The highest BCUT2D eigenvalue weighted by atomic mass is 16.3. The molecule has 0 radical (unpaired) electrons. The van der Waals surface area contributed by atoms with Gasteiger partial charge in [-0.3, -0.25) is 0 Å². The Morgan fingerprint density at radius 3 is 1.81 bits per heavy atom. The van der Waals surface area contributed by atoms with Crippen molar-refractivity contribution < 1.29 is 4.42 Å². The predicted molar refractivity (Wildman–Crippen MR) is 241 cm³/mol. The Hall–Kier alpha value is -7.62. The molecule has 3 heteroatoms. The van der Waals surface area contributed by atoms with E-state index in [-0.39, 0.29) is 0 Å². The first-order chi connectivity index (χ1) is 28.3. The van der Waals surface area contributed by atoms with Gasteiger partial charge in [0.15, 0.2) is 0 Å². The van der Waals surface area contributed by atoms with E-state index in [4.69, 9.17) is 4.42 Å². The highest BCUT2D eigenvalue weighted by Crippen LogP contribution is 2.44. The molecule has 12 aromatic rings. The van der Waals surface area contributed by atoms with Crippen LogP contribution in [-0.2, 0) is 0 Å². The van der Waals surface area contributed by atoms with Crippen molar-refractivity contribution in [3.05, 3.63) is 206 Å². The van der Waals surface area contributed by atoms with Crippen molar-refractivity contribution in [1.82, 2.24) is 4.57 Å². The van der Waals surface area contributed by atoms with Gasteiger partial charge in [-0.15, -0.1) is 0 Å². The molecule has 12 rings (SSSR count). The number of aromatic nitrogens is 1. The number of rotatable bonds is 5. The van der Waals surface area contributed by atoms with Crippen molar-refractivity contribution in [1.29, 1.82) is 0 Å². The van der Waals surface area contributed by atoms with Crippen molar-refractivity contribution in [2.75, 3.05) is 4.90 Å². The van der Waals surface area contributed by atoms with Crippen LogP contribution in [0.4, 0.5) is 17.1 Å². The quantitative estimate of drug-likeness (QED) is 0.165. The lowest BCUT2D eigenvalue weighted by molar-refractivity contribution is 0.669. The Kier molecular flexibility index (Phi) is 6.93. The van der Waals surface area contributed by atoms with E-state index in [2.05, 4.69) is 204 Å². The second-order valence-corrected chi connectivity index (χ2v) is 14.9. The molecule has 0 N–H and O–H groups in total. The van der Waals surface area contributed by atoms with Gasteiger partial charge in [0.05, 0.1) is 16.7 Å². The van der Waals surface area contributed by atoms with Crippen molar-refractivity contribution >= 4 is 93.1 Å². The van der Waals surface area contributed by atoms with Crippen molar-refractivity contribution in [3.63, 3.8) is 0 Å². The summed E-state index contributed by atoms with van der Waals surface area (Å²) in [5.74, 6) is 0. The third-order valence-electron chi connectivity index (χ3n) is 11.7. The fourth-order valence-electron chi connectivity index (χ4n) is 9.11. The van der Waals surface area contributed by atoms with Crippen molar-refractivity contribution in [3.8, 4) is 16.8 Å². The predicted octanol–water partition coefficient (Wildman–Crippen LogP) is 15.3. The summed E-state index contributed by atoms with van der Waals surface area (Å²) in [5, 5.41) is 12.1. The third-order valence-corrected chi connectivity index (χ3v) is 11.7. The standard InChI is InChI=1S/C54H34N2O/c1-2-14-39(15-3-1)56-51-32-37(25-29-46(51)49-30-24-36-12-4-7-17-43(36)54(49)56)35-22-26-40(27-23-35)55(41-28-31-48-47-20-10-11-21-52(47)57-53(48)34-41)50-33-38-13-5-6-16-42(38)44-18-8-9-19-45(44)50/h1-34H. The summed E-state index contributed by atoms with van der Waals surface area (Å²) in [5.41, 5.74) is 10.9. The second kappa shape index (κ2) is 12.5. The lowest BCUT2D eigenvalue weighted by atomic mass is 9.98. The topological polar surface area (TPSA) is 21.3 Å². The molecule has 0 aliphatic carbocycles. The van der Waals surface area contributed by atoms with E-state index in [1.54, 1.807) is 0 Å². The molecular weight excluding hydrogens is 693 g/mol. The molecule has 0 saturated carbocycles. The Balaban J connectivity index is 1.05. The van der Waals surface area contributed by atoms with Crippen LogP contribution in [0.1, 0.15) is 0 Å². The molecule has 2 heterocycles. The molecule has 0 amide bonds. The van der Waals surface area contributed by atoms with E-state index >= 15 is 0 Å². The number of benzene rings is 10. The molecule has 3 nitrogen and oxygen atoms in total. The smallest absolute Gasteiger partial charge is 0.137 e. The number of hydrogen-bond acceptors (Lipinski definition) is 2. The van der Waals surface area contributed by atoms with Crippen molar-refractivity contribution in [2.24, 2.45) is 0 Å². The summed E-state index contributed by atoms with van der Waals surface area (Å²) in [4.78, 5) is 2.38. The fraction of sp³-hybridized carbons (Fsp3) is 0. The van der Waals surface area contributed by atoms with Crippen molar-refractivity contribution in [2.45, 2.75) is 0 Å². The first-order valence-electron chi connectivity index (χ1n) is 19.5. The maximum Gasteiger partial charge on any atom is 0.137 e. The molecule has 266 valence electrons. The number of para-hydroxylation sites is 2. The summed E-state index contributed by atoms with van der Waals surface area (Å²) < 4.78 is 8.88. The number of nitrogens with zero attached hydrogens (tertiary/aromatic N) is 2. The van der Waals surface area contributed by atoms with E-state index < -0.39 is 0 Å². The van der Waals surface area contributed by atoms with Crippen LogP contribution in [0.2, 0.25) is 0 Å². The minimum atomic E-state index is 0.871. The summed E-state index contributed by atoms with van der Waals surface area (Å²) in [6.45, 7) is 0. The van der Waals surface area contributed by atoms with E-state index in [1.165, 1.54) is 59.7 Å². The Labute approximate surface area is 328 Å². The summed E-state index contributed by atoms with van der Waals surface area (Å²) in [6.07, 6.45) is 0. The molecule has 0 atom stereocenters. The van der Waals surface area contributed by atoms with Gasteiger partial charge in [0, 0.05) is 55.4 Å². The monoisotopic (exact) mass is 726 g/mol. The highest BCUT2D eigenvalue weighted by Gasteiger charge is 2.20. The molecule has 0 bridgehead atoms. The van der Waals surface area contributed by atoms with E-state index in [0.29, 0.717) is 0 Å². The number of furan rings is 1. The lowest BCUT2D eigenvalue weighted by Gasteiger charge is -2.27. The SMILES string of the molecule is c1ccc(-n2c3cc(-c4ccc(N(c5ccc6c(c5)oc5ccccc56)c5cc6ccccc6c6ccccc56)cc4)ccc3c3ccc4ccccc4c32)cc1. The molecular formula is C54H34N2O. The fourth-order valence-corrected chi connectivity index (χ4v) is 9.11. The molecule has 0 saturated heterocycles. The van der Waals surface area contributed by atoms with Crippen LogP contribution in [0.15, 0.2) is 211 Å². The van der Waals surface area contributed by atoms with Crippen LogP contribution in [0.3, 0.4) is 0 Å². The Bertz CT molecular complexity index is 3520. The average molecular weight is 727 g/mol. The van der Waals surface area contributed by atoms with Gasteiger partial charge in [-0.1, -0.05) is 146 Å². The summed E-state index contributed by atoms with van der Waals surface area (Å²) in [7, 11) is 0. The largest absolute Gasteiger partial charge is 0.456 e. The van der Waals surface area contributed by atoms with Gasteiger partial charge in [0.2, 0.25) is 0 Å². The highest BCUT2D eigenvalue weighted by molar-refractivity contribution is 6.19. The molecule has 0 unspecified atom stereocenters. The normalized spacial score (nSPS) is 11.9. The molecule has 10 aromatic carbocycles. The zero-order valence-corrected chi connectivity index (χ0v) is 30.9. The van der Waals surface area contributed by atoms with E-state index in [1.807, 2.05) is 12.1 Å². The Morgan fingerprint density at radius 1 is 0.351 bits per heavy atom. The lowest BCUT2D eigenvalue weighted by Crippen LogP contribution is -2.10. The number of fused-ring (bicyclic) bond motifs is 11. The van der Waals surface area contributed by atoms with E-state index in [9.17, 15) is 0 Å².